The highest BCUT2D eigenvalue weighted by molar-refractivity contribution is 5.85. The molecule has 1 unspecified atom stereocenters. The predicted molar refractivity (Wildman–Crippen MR) is 58.4 cm³/mol. The molecule has 1 saturated heterocycles. The quantitative estimate of drug-likeness (QED) is 0.770. The second-order valence-corrected chi connectivity index (χ2v) is 3.38. The van der Waals surface area contributed by atoms with E-state index in [0.717, 1.165) is 12.1 Å². The monoisotopic (exact) mass is 208 g/mol. The van der Waals surface area contributed by atoms with E-state index in [0.29, 0.717) is 6.04 Å². The van der Waals surface area contributed by atoms with Gasteiger partial charge in [-0.2, -0.15) is 5.26 Å². The Hall–Kier alpha value is -1.04. The van der Waals surface area contributed by atoms with E-state index < -0.39 is 0 Å². The zero-order chi connectivity index (χ0) is 9.10. The van der Waals surface area contributed by atoms with Crippen LogP contribution in [0.2, 0.25) is 0 Å². The van der Waals surface area contributed by atoms with Crippen molar-refractivity contribution in [1.82, 2.24) is 5.32 Å². The molecule has 1 aliphatic heterocycles. The largest absolute Gasteiger partial charge is 0.310 e. The highest BCUT2D eigenvalue weighted by Gasteiger charge is 2.15. The van der Waals surface area contributed by atoms with Gasteiger partial charge in [0.15, 0.2) is 0 Å². The van der Waals surface area contributed by atoms with Crippen LogP contribution in [-0.4, -0.2) is 6.54 Å². The van der Waals surface area contributed by atoms with Gasteiger partial charge in [0.2, 0.25) is 0 Å². The van der Waals surface area contributed by atoms with Crippen molar-refractivity contribution in [2.75, 3.05) is 6.54 Å². The summed E-state index contributed by atoms with van der Waals surface area (Å²) in [6.07, 6.45) is 2.47. The van der Waals surface area contributed by atoms with Crippen LogP contribution in [0.5, 0.6) is 0 Å². The van der Waals surface area contributed by atoms with E-state index in [1.54, 1.807) is 0 Å². The standard InChI is InChI=1S/C11H12N2.ClH/c12-8-9-3-5-10(6-4-9)11-2-1-7-13-11;/h3-6,11,13H,1-2,7H2;1H. The van der Waals surface area contributed by atoms with Crippen LogP contribution in [0, 0.1) is 11.3 Å². The fourth-order valence-electron chi connectivity index (χ4n) is 1.76. The van der Waals surface area contributed by atoms with Crippen LogP contribution < -0.4 is 5.32 Å². The second-order valence-electron chi connectivity index (χ2n) is 3.38. The summed E-state index contributed by atoms with van der Waals surface area (Å²) in [4.78, 5) is 0. The Kier molecular flexibility index (Phi) is 3.94. The van der Waals surface area contributed by atoms with Crippen LogP contribution in [0.25, 0.3) is 0 Å². The molecule has 1 heterocycles. The van der Waals surface area contributed by atoms with Gasteiger partial charge in [0.25, 0.3) is 0 Å². The van der Waals surface area contributed by atoms with Crippen LogP contribution in [0.1, 0.15) is 30.0 Å². The first-order valence-electron chi connectivity index (χ1n) is 4.63. The number of rotatable bonds is 1. The Morgan fingerprint density at radius 2 is 2.00 bits per heavy atom. The maximum Gasteiger partial charge on any atom is 0.0991 e. The molecule has 0 amide bonds. The highest BCUT2D eigenvalue weighted by atomic mass is 35.5. The Bertz CT molecular complexity index is 320. The topological polar surface area (TPSA) is 35.8 Å². The van der Waals surface area contributed by atoms with Crippen LogP contribution in [-0.2, 0) is 0 Å². The van der Waals surface area contributed by atoms with Gasteiger partial charge in [0, 0.05) is 6.04 Å². The lowest BCUT2D eigenvalue weighted by molar-refractivity contribution is 0.648. The molecule has 1 aromatic rings. The Morgan fingerprint density at radius 3 is 2.50 bits per heavy atom. The van der Waals surface area contributed by atoms with Crippen LogP contribution in [0.3, 0.4) is 0 Å². The number of halogens is 1. The van der Waals surface area contributed by atoms with Gasteiger partial charge in [-0.1, -0.05) is 12.1 Å². The first kappa shape index (κ1) is 11.0. The van der Waals surface area contributed by atoms with Crippen molar-refractivity contribution in [3.05, 3.63) is 35.4 Å². The van der Waals surface area contributed by atoms with E-state index >= 15 is 0 Å². The predicted octanol–water partition coefficient (Wildman–Crippen LogP) is 2.40. The molecule has 1 aromatic carbocycles. The molecule has 0 radical (unpaired) electrons. The minimum atomic E-state index is 0. The Labute approximate surface area is 90.3 Å². The molecule has 14 heavy (non-hydrogen) atoms. The van der Waals surface area contributed by atoms with Gasteiger partial charge in [0.1, 0.15) is 0 Å². The van der Waals surface area contributed by atoms with Gasteiger partial charge in [-0.3, -0.25) is 0 Å². The molecule has 2 rings (SSSR count). The number of hydrogen-bond acceptors (Lipinski definition) is 2. The summed E-state index contributed by atoms with van der Waals surface area (Å²) in [5.41, 5.74) is 2.04. The lowest BCUT2D eigenvalue weighted by atomic mass is 10.0. The molecule has 0 spiro atoms. The first-order chi connectivity index (χ1) is 6.40. The normalized spacial score (nSPS) is 19.8. The number of nitrogens with zero attached hydrogens (tertiary/aromatic N) is 1. The number of benzene rings is 1. The molecule has 1 aliphatic rings. The van der Waals surface area contributed by atoms with Crippen molar-refractivity contribution in [1.29, 1.82) is 5.26 Å². The fraction of sp³-hybridized carbons (Fsp3) is 0.364. The molecule has 1 atom stereocenters. The third-order valence-corrected chi connectivity index (χ3v) is 2.50. The lowest BCUT2D eigenvalue weighted by Crippen LogP contribution is -2.12. The SMILES string of the molecule is Cl.N#Cc1ccc(C2CCCN2)cc1. The summed E-state index contributed by atoms with van der Waals surface area (Å²) in [6.45, 7) is 1.12. The summed E-state index contributed by atoms with van der Waals surface area (Å²) >= 11 is 0. The van der Waals surface area contributed by atoms with Crippen molar-refractivity contribution in [2.45, 2.75) is 18.9 Å². The average Bonchev–Trinajstić information content (AvgIpc) is 2.71. The van der Waals surface area contributed by atoms with Gasteiger partial charge in [-0.25, -0.2) is 0 Å². The van der Waals surface area contributed by atoms with E-state index in [4.69, 9.17) is 5.26 Å². The van der Waals surface area contributed by atoms with Crippen molar-refractivity contribution in [3.63, 3.8) is 0 Å². The van der Waals surface area contributed by atoms with Crippen molar-refractivity contribution >= 4 is 12.4 Å². The van der Waals surface area contributed by atoms with Crippen molar-refractivity contribution in [2.24, 2.45) is 0 Å². The van der Waals surface area contributed by atoms with Crippen LogP contribution >= 0.6 is 12.4 Å². The van der Waals surface area contributed by atoms with Gasteiger partial charge in [-0.15, -0.1) is 12.4 Å². The third kappa shape index (κ3) is 2.25. The minimum Gasteiger partial charge on any atom is -0.310 e. The van der Waals surface area contributed by atoms with Crippen LogP contribution in [0.15, 0.2) is 24.3 Å². The van der Waals surface area contributed by atoms with Crippen LogP contribution in [0.4, 0.5) is 0 Å². The number of nitrogens with one attached hydrogen (secondary N) is 1. The Balaban J connectivity index is 0.000000980. The molecule has 0 bridgehead atoms. The molecule has 0 saturated carbocycles. The van der Waals surface area contributed by atoms with Crippen molar-refractivity contribution in [3.8, 4) is 6.07 Å². The third-order valence-electron chi connectivity index (χ3n) is 2.50. The lowest BCUT2D eigenvalue weighted by Gasteiger charge is -2.09. The van der Waals surface area contributed by atoms with E-state index in [-0.39, 0.29) is 12.4 Å². The maximum absolute atomic E-state index is 8.63. The summed E-state index contributed by atoms with van der Waals surface area (Å²) in [5.74, 6) is 0. The highest BCUT2D eigenvalue weighted by Crippen LogP contribution is 2.22. The number of hydrogen-bond donors (Lipinski definition) is 1. The minimum absolute atomic E-state index is 0. The molecule has 2 nitrogen and oxygen atoms in total. The molecule has 1 fully saturated rings. The molecule has 3 heteroatoms. The number of nitriles is 1. The molecule has 1 N–H and O–H groups in total. The van der Waals surface area contributed by atoms with Gasteiger partial charge >= 0.3 is 0 Å². The van der Waals surface area contributed by atoms with E-state index in [1.807, 2.05) is 24.3 Å². The summed E-state index contributed by atoms with van der Waals surface area (Å²) in [5, 5.41) is 12.1. The smallest absolute Gasteiger partial charge is 0.0991 e. The van der Waals surface area contributed by atoms with Gasteiger partial charge < -0.3 is 5.32 Å². The first-order valence-corrected chi connectivity index (χ1v) is 4.63. The van der Waals surface area contributed by atoms with E-state index in [9.17, 15) is 0 Å². The van der Waals surface area contributed by atoms with Crippen molar-refractivity contribution < 1.29 is 0 Å². The summed E-state index contributed by atoms with van der Waals surface area (Å²) in [6, 6.07) is 10.5. The summed E-state index contributed by atoms with van der Waals surface area (Å²) < 4.78 is 0. The van der Waals surface area contributed by atoms with Gasteiger partial charge in [-0.05, 0) is 37.1 Å². The fourth-order valence-corrected chi connectivity index (χ4v) is 1.76. The summed E-state index contributed by atoms with van der Waals surface area (Å²) in [7, 11) is 0. The second kappa shape index (κ2) is 4.99. The molecule has 0 aliphatic carbocycles. The zero-order valence-electron chi connectivity index (χ0n) is 7.86. The van der Waals surface area contributed by atoms with E-state index in [1.165, 1.54) is 18.4 Å². The molecular weight excluding hydrogens is 196 g/mol. The van der Waals surface area contributed by atoms with E-state index in [2.05, 4.69) is 11.4 Å². The molecule has 74 valence electrons. The van der Waals surface area contributed by atoms with Gasteiger partial charge in [0.05, 0.1) is 11.6 Å². The Morgan fingerprint density at radius 1 is 1.29 bits per heavy atom. The molecular formula is C11H13ClN2. The maximum atomic E-state index is 8.63. The average molecular weight is 209 g/mol. The molecule has 0 aromatic heterocycles. The zero-order valence-corrected chi connectivity index (χ0v) is 8.68.